The van der Waals surface area contributed by atoms with Gasteiger partial charge in [-0.05, 0) is 18.8 Å². The lowest BCUT2D eigenvalue weighted by atomic mass is 10.3. The summed E-state index contributed by atoms with van der Waals surface area (Å²) in [5, 5.41) is 1.82. The molecule has 0 bridgehead atoms. The van der Waals surface area contributed by atoms with Crippen molar-refractivity contribution >= 4 is 23.6 Å². The fraction of sp³-hybridized carbons (Fsp3) is 0.636. The summed E-state index contributed by atoms with van der Waals surface area (Å²) >= 11 is 1.43. The maximum atomic E-state index is 11.6. The van der Waals surface area contributed by atoms with Crippen LogP contribution in [0.4, 0.5) is 0 Å². The lowest BCUT2D eigenvalue weighted by molar-refractivity contribution is -0.152. The molecule has 1 aliphatic rings. The molecular weight excluding hydrogens is 226 g/mol. The number of hydrogen-bond donors (Lipinski definition) is 0. The van der Waals surface area contributed by atoms with Crippen molar-refractivity contribution in [2.24, 2.45) is 0 Å². The molecular formula is C11H17NO3S. The minimum atomic E-state index is -0.526. The molecule has 0 aliphatic carbocycles. The van der Waals surface area contributed by atoms with E-state index in [4.69, 9.17) is 4.74 Å². The first-order valence-corrected chi connectivity index (χ1v) is 6.47. The van der Waals surface area contributed by atoms with Gasteiger partial charge in [-0.1, -0.05) is 13.3 Å². The molecule has 1 amide bonds. The number of carbonyl (C=O) groups is 2. The Morgan fingerprint density at radius 2 is 2.44 bits per heavy atom. The van der Waals surface area contributed by atoms with Crippen molar-refractivity contribution in [3.05, 3.63) is 11.6 Å². The molecule has 0 aromatic rings. The van der Waals surface area contributed by atoms with E-state index in [1.807, 2.05) is 12.3 Å². The lowest BCUT2D eigenvalue weighted by Gasteiger charge is -2.26. The summed E-state index contributed by atoms with van der Waals surface area (Å²) < 4.78 is 5.07. The number of hydrogen-bond acceptors (Lipinski definition) is 4. The van der Waals surface area contributed by atoms with Crippen molar-refractivity contribution < 1.29 is 14.3 Å². The van der Waals surface area contributed by atoms with Crippen LogP contribution in [-0.2, 0) is 14.3 Å². The minimum absolute atomic E-state index is 0.0487. The Morgan fingerprint density at radius 3 is 3.06 bits per heavy atom. The second kappa shape index (κ2) is 6.58. The average Bonchev–Trinajstić information content (AvgIpc) is 2.29. The Bertz CT molecular complexity index is 291. The zero-order valence-electron chi connectivity index (χ0n) is 9.64. The lowest BCUT2D eigenvalue weighted by Crippen LogP contribution is -2.42. The molecule has 0 saturated heterocycles. The highest BCUT2D eigenvalue weighted by atomic mass is 32.2. The molecule has 1 aliphatic heterocycles. The van der Waals surface area contributed by atoms with Crippen molar-refractivity contribution in [2.45, 2.75) is 32.7 Å². The van der Waals surface area contributed by atoms with Crippen LogP contribution in [0.2, 0.25) is 0 Å². The summed E-state index contributed by atoms with van der Waals surface area (Å²) in [6, 6.07) is -0.526. The fourth-order valence-corrected chi connectivity index (χ4v) is 1.89. The van der Waals surface area contributed by atoms with Gasteiger partial charge in [0.1, 0.15) is 6.04 Å². The van der Waals surface area contributed by atoms with Crippen LogP contribution < -0.4 is 0 Å². The van der Waals surface area contributed by atoms with E-state index in [1.54, 1.807) is 13.1 Å². The standard InChI is InChI=1S/C11H17NO3S/c1-3-4-6-15-11(14)9(2)12-5-7-16-8-10(12)13/h5,7,9H,3-4,6,8H2,1-2H3. The van der Waals surface area contributed by atoms with Gasteiger partial charge in [0.2, 0.25) is 5.91 Å². The van der Waals surface area contributed by atoms with Gasteiger partial charge in [-0.2, -0.15) is 0 Å². The molecule has 1 heterocycles. The molecule has 0 fully saturated rings. The average molecular weight is 243 g/mol. The monoisotopic (exact) mass is 243 g/mol. The van der Waals surface area contributed by atoms with Crippen molar-refractivity contribution in [3.8, 4) is 0 Å². The van der Waals surface area contributed by atoms with Crippen LogP contribution in [-0.4, -0.2) is 35.2 Å². The number of nitrogens with zero attached hydrogens (tertiary/aromatic N) is 1. The van der Waals surface area contributed by atoms with E-state index in [0.29, 0.717) is 12.4 Å². The van der Waals surface area contributed by atoms with Gasteiger partial charge in [0.15, 0.2) is 0 Å². The topological polar surface area (TPSA) is 46.6 Å². The second-order valence-corrected chi connectivity index (χ2v) is 4.49. The van der Waals surface area contributed by atoms with Crippen molar-refractivity contribution in [3.63, 3.8) is 0 Å². The molecule has 1 unspecified atom stereocenters. The summed E-state index contributed by atoms with van der Waals surface area (Å²) in [5.41, 5.74) is 0. The molecule has 0 spiro atoms. The number of rotatable bonds is 5. The van der Waals surface area contributed by atoms with Crippen LogP contribution in [0.3, 0.4) is 0 Å². The molecule has 16 heavy (non-hydrogen) atoms. The van der Waals surface area contributed by atoms with Crippen LogP contribution in [0.25, 0.3) is 0 Å². The predicted octanol–water partition coefficient (Wildman–Crippen LogP) is 1.76. The van der Waals surface area contributed by atoms with E-state index >= 15 is 0 Å². The maximum Gasteiger partial charge on any atom is 0.328 e. The van der Waals surface area contributed by atoms with E-state index in [1.165, 1.54) is 16.7 Å². The Kier molecular flexibility index (Phi) is 5.38. The van der Waals surface area contributed by atoms with Gasteiger partial charge in [-0.3, -0.25) is 4.79 Å². The quantitative estimate of drug-likeness (QED) is 0.545. The van der Waals surface area contributed by atoms with Gasteiger partial charge in [0.25, 0.3) is 0 Å². The summed E-state index contributed by atoms with van der Waals surface area (Å²) in [4.78, 5) is 24.6. The highest BCUT2D eigenvalue weighted by molar-refractivity contribution is 8.02. The summed E-state index contributed by atoms with van der Waals surface area (Å²) in [5.74, 6) is 0.00842. The van der Waals surface area contributed by atoms with Gasteiger partial charge in [-0.25, -0.2) is 4.79 Å². The normalized spacial score (nSPS) is 17.4. The molecule has 0 N–H and O–H groups in total. The van der Waals surface area contributed by atoms with Crippen LogP contribution in [0.15, 0.2) is 11.6 Å². The van der Waals surface area contributed by atoms with E-state index < -0.39 is 6.04 Å². The van der Waals surface area contributed by atoms with Crippen molar-refractivity contribution in [1.82, 2.24) is 4.90 Å². The molecule has 0 radical (unpaired) electrons. The molecule has 0 aromatic carbocycles. The summed E-state index contributed by atoms with van der Waals surface area (Å²) in [7, 11) is 0. The van der Waals surface area contributed by atoms with Crippen LogP contribution in [0.5, 0.6) is 0 Å². The highest BCUT2D eigenvalue weighted by Gasteiger charge is 2.26. The number of esters is 1. The Morgan fingerprint density at radius 1 is 1.69 bits per heavy atom. The number of carbonyl (C=O) groups excluding carboxylic acids is 2. The van der Waals surface area contributed by atoms with E-state index in [9.17, 15) is 9.59 Å². The number of ether oxygens (including phenoxy) is 1. The Labute approximate surface area is 100 Å². The van der Waals surface area contributed by atoms with Gasteiger partial charge >= 0.3 is 5.97 Å². The number of unbranched alkanes of at least 4 members (excludes halogenated alkanes) is 1. The van der Waals surface area contributed by atoms with Crippen molar-refractivity contribution in [1.29, 1.82) is 0 Å². The molecule has 1 atom stereocenters. The summed E-state index contributed by atoms with van der Waals surface area (Å²) in [6.45, 7) is 4.15. The smallest absolute Gasteiger partial charge is 0.328 e. The number of thioether (sulfide) groups is 1. The Balaban J connectivity index is 2.45. The second-order valence-electron chi connectivity index (χ2n) is 3.59. The molecule has 0 saturated carbocycles. The SMILES string of the molecule is CCCCOC(=O)C(C)N1C=CSCC1=O. The van der Waals surface area contributed by atoms with Crippen LogP contribution >= 0.6 is 11.8 Å². The van der Waals surface area contributed by atoms with Crippen LogP contribution in [0.1, 0.15) is 26.7 Å². The van der Waals surface area contributed by atoms with Gasteiger partial charge in [0.05, 0.1) is 12.4 Å². The third-order valence-electron chi connectivity index (χ3n) is 2.31. The largest absolute Gasteiger partial charge is 0.464 e. The third kappa shape index (κ3) is 3.56. The first-order chi connectivity index (χ1) is 7.66. The van der Waals surface area contributed by atoms with E-state index in [2.05, 4.69) is 0 Å². The van der Waals surface area contributed by atoms with Gasteiger partial charge in [-0.15, -0.1) is 11.8 Å². The molecule has 4 nitrogen and oxygen atoms in total. The van der Waals surface area contributed by atoms with Crippen LogP contribution in [0, 0.1) is 0 Å². The zero-order valence-corrected chi connectivity index (χ0v) is 10.5. The highest BCUT2D eigenvalue weighted by Crippen LogP contribution is 2.15. The Hall–Kier alpha value is -0.970. The van der Waals surface area contributed by atoms with E-state index in [0.717, 1.165) is 12.8 Å². The molecule has 90 valence electrons. The molecule has 0 aromatic heterocycles. The summed E-state index contributed by atoms with van der Waals surface area (Å²) in [6.07, 6.45) is 3.49. The van der Waals surface area contributed by atoms with E-state index in [-0.39, 0.29) is 11.9 Å². The molecule has 5 heteroatoms. The number of amides is 1. The fourth-order valence-electron chi connectivity index (χ4n) is 1.28. The minimum Gasteiger partial charge on any atom is -0.464 e. The maximum absolute atomic E-state index is 11.6. The van der Waals surface area contributed by atoms with Crippen molar-refractivity contribution in [2.75, 3.05) is 12.4 Å². The first-order valence-electron chi connectivity index (χ1n) is 5.43. The third-order valence-corrected chi connectivity index (χ3v) is 3.04. The zero-order chi connectivity index (χ0) is 12.0. The molecule has 1 rings (SSSR count). The first kappa shape index (κ1) is 13.1. The van der Waals surface area contributed by atoms with Gasteiger partial charge in [0, 0.05) is 6.20 Å². The predicted molar refractivity (Wildman–Crippen MR) is 63.8 cm³/mol. The van der Waals surface area contributed by atoms with Gasteiger partial charge < -0.3 is 9.64 Å².